The summed E-state index contributed by atoms with van der Waals surface area (Å²) in [5, 5.41) is 14.3. The predicted molar refractivity (Wildman–Crippen MR) is 84.0 cm³/mol. The van der Waals surface area contributed by atoms with E-state index in [1.165, 1.54) is 0 Å². The highest BCUT2D eigenvalue weighted by molar-refractivity contribution is 5.86. The van der Waals surface area contributed by atoms with Crippen molar-refractivity contribution < 1.29 is 19.3 Å². The summed E-state index contributed by atoms with van der Waals surface area (Å²) in [6.45, 7) is 0.997. The van der Waals surface area contributed by atoms with Crippen molar-refractivity contribution in [1.82, 2.24) is 5.32 Å². The number of aliphatic hydroxyl groups is 1. The number of hydrogen-bond donors (Lipinski definition) is 2. The molecule has 2 heterocycles. The van der Waals surface area contributed by atoms with Gasteiger partial charge in [0.1, 0.15) is 0 Å². The van der Waals surface area contributed by atoms with Gasteiger partial charge in [0, 0.05) is 11.1 Å². The third kappa shape index (κ3) is 1.58. The molecule has 5 nitrogen and oxygen atoms in total. The molecule has 0 saturated carbocycles. The Hall–Kier alpha value is -2.24. The van der Waals surface area contributed by atoms with E-state index in [9.17, 15) is 5.11 Å². The molecule has 0 spiro atoms. The van der Waals surface area contributed by atoms with Crippen molar-refractivity contribution in [2.45, 2.75) is 18.6 Å². The molecule has 0 radical (unpaired) electrons. The van der Waals surface area contributed by atoms with Crippen LogP contribution in [0.5, 0.6) is 17.2 Å². The first-order valence-corrected chi connectivity index (χ1v) is 7.84. The Morgan fingerprint density at radius 3 is 2.91 bits per heavy atom. The van der Waals surface area contributed by atoms with Crippen LogP contribution in [0.3, 0.4) is 0 Å². The normalized spacial score (nSPS) is 23.2. The number of nitrogens with one attached hydrogen (secondary N) is 1. The van der Waals surface area contributed by atoms with Crippen LogP contribution in [-0.4, -0.2) is 25.6 Å². The number of methoxy groups -OCH3 is 1. The Morgan fingerprint density at radius 2 is 2.04 bits per heavy atom. The fraction of sp³-hybridized carbons (Fsp3) is 0.333. The molecule has 2 aromatic carbocycles. The van der Waals surface area contributed by atoms with E-state index in [1.807, 2.05) is 24.3 Å². The quantitative estimate of drug-likeness (QED) is 0.846. The molecule has 23 heavy (non-hydrogen) atoms. The molecule has 3 aliphatic rings. The molecule has 0 aromatic heterocycles. The lowest BCUT2D eigenvalue weighted by Crippen LogP contribution is -2.36. The maximum atomic E-state index is 10.9. The molecular weight excluding hydrogens is 294 g/mol. The second kappa shape index (κ2) is 4.63. The van der Waals surface area contributed by atoms with Crippen molar-refractivity contribution in [2.24, 2.45) is 0 Å². The van der Waals surface area contributed by atoms with Crippen molar-refractivity contribution in [3.63, 3.8) is 0 Å². The number of aliphatic hydroxyl groups excluding tert-OH is 1. The zero-order valence-corrected chi connectivity index (χ0v) is 12.8. The molecule has 5 rings (SSSR count). The fourth-order valence-electron chi connectivity index (χ4n) is 4.13. The van der Waals surface area contributed by atoms with E-state index in [1.54, 1.807) is 7.11 Å². The van der Waals surface area contributed by atoms with E-state index in [0.717, 1.165) is 52.3 Å². The summed E-state index contributed by atoms with van der Waals surface area (Å²) in [5.41, 5.74) is 5.17. The standard InChI is InChI=1S/C18H17NO4/c1-21-16-11-6-7-19-14-12(11)13(17-18(16)23-8-22-17)9-4-2-3-5-10(9)15(14)20/h2-5,14-15,19-20H,6-8H2,1H3/t14-,15+/m0/s1. The summed E-state index contributed by atoms with van der Waals surface area (Å²) in [6.07, 6.45) is 0.260. The Bertz CT molecular complexity index is 817. The summed E-state index contributed by atoms with van der Waals surface area (Å²) in [7, 11) is 1.66. The van der Waals surface area contributed by atoms with Gasteiger partial charge < -0.3 is 24.6 Å². The van der Waals surface area contributed by atoms with Gasteiger partial charge in [-0.2, -0.15) is 0 Å². The smallest absolute Gasteiger partial charge is 0.231 e. The summed E-state index contributed by atoms with van der Waals surface area (Å²) in [5.74, 6) is 2.16. The van der Waals surface area contributed by atoms with Gasteiger partial charge in [0.25, 0.3) is 0 Å². The molecule has 0 unspecified atom stereocenters. The minimum absolute atomic E-state index is 0.146. The molecule has 118 valence electrons. The number of fused-ring (bicyclic) bond motifs is 4. The molecule has 2 aromatic rings. The van der Waals surface area contributed by atoms with Gasteiger partial charge in [-0.3, -0.25) is 0 Å². The van der Waals surface area contributed by atoms with E-state index in [2.05, 4.69) is 5.32 Å². The van der Waals surface area contributed by atoms with Crippen LogP contribution in [0, 0.1) is 0 Å². The van der Waals surface area contributed by atoms with Crippen molar-refractivity contribution in [3.05, 3.63) is 41.0 Å². The monoisotopic (exact) mass is 311 g/mol. The number of hydrogen-bond acceptors (Lipinski definition) is 5. The van der Waals surface area contributed by atoms with Gasteiger partial charge >= 0.3 is 0 Å². The van der Waals surface area contributed by atoms with Crippen molar-refractivity contribution >= 4 is 0 Å². The number of rotatable bonds is 1. The van der Waals surface area contributed by atoms with Gasteiger partial charge in [-0.1, -0.05) is 24.3 Å². The summed E-state index contributed by atoms with van der Waals surface area (Å²) >= 11 is 0. The zero-order valence-electron chi connectivity index (χ0n) is 12.8. The molecule has 2 atom stereocenters. The topological polar surface area (TPSA) is 60.0 Å². The average molecular weight is 311 g/mol. The van der Waals surface area contributed by atoms with Crippen LogP contribution in [-0.2, 0) is 6.42 Å². The first-order valence-electron chi connectivity index (χ1n) is 7.84. The van der Waals surface area contributed by atoms with Gasteiger partial charge in [0.15, 0.2) is 11.5 Å². The van der Waals surface area contributed by atoms with E-state index in [4.69, 9.17) is 14.2 Å². The highest BCUT2D eigenvalue weighted by atomic mass is 16.7. The lowest BCUT2D eigenvalue weighted by atomic mass is 9.75. The lowest BCUT2D eigenvalue weighted by molar-refractivity contribution is 0.123. The van der Waals surface area contributed by atoms with Gasteiger partial charge in [-0.15, -0.1) is 0 Å². The Balaban J connectivity index is 1.93. The summed E-state index contributed by atoms with van der Waals surface area (Å²) in [4.78, 5) is 0. The Labute approximate surface area is 133 Å². The van der Waals surface area contributed by atoms with E-state index < -0.39 is 6.10 Å². The Kier molecular flexibility index (Phi) is 2.66. The van der Waals surface area contributed by atoms with Crippen LogP contribution >= 0.6 is 0 Å². The van der Waals surface area contributed by atoms with Crippen molar-refractivity contribution in [3.8, 4) is 28.4 Å². The third-order valence-corrected chi connectivity index (χ3v) is 5.03. The van der Waals surface area contributed by atoms with Crippen molar-refractivity contribution in [1.29, 1.82) is 0 Å². The Morgan fingerprint density at radius 1 is 1.22 bits per heavy atom. The molecule has 2 N–H and O–H groups in total. The zero-order chi connectivity index (χ0) is 15.6. The minimum Gasteiger partial charge on any atom is -0.492 e. The lowest BCUT2D eigenvalue weighted by Gasteiger charge is -2.38. The largest absolute Gasteiger partial charge is 0.492 e. The molecule has 0 saturated heterocycles. The maximum Gasteiger partial charge on any atom is 0.231 e. The van der Waals surface area contributed by atoms with E-state index in [0.29, 0.717) is 5.75 Å². The summed E-state index contributed by atoms with van der Waals surface area (Å²) < 4.78 is 17.1. The molecule has 2 aliphatic heterocycles. The van der Waals surface area contributed by atoms with Crippen LogP contribution in [0.2, 0.25) is 0 Å². The van der Waals surface area contributed by atoms with Gasteiger partial charge in [0.2, 0.25) is 12.5 Å². The fourth-order valence-corrected chi connectivity index (χ4v) is 4.13. The molecule has 5 heteroatoms. The first-order chi connectivity index (χ1) is 11.3. The van der Waals surface area contributed by atoms with E-state index in [-0.39, 0.29) is 12.8 Å². The van der Waals surface area contributed by atoms with Crippen molar-refractivity contribution in [2.75, 3.05) is 20.4 Å². The third-order valence-electron chi connectivity index (χ3n) is 5.03. The van der Waals surface area contributed by atoms with Gasteiger partial charge in [0.05, 0.1) is 19.3 Å². The van der Waals surface area contributed by atoms with Crippen LogP contribution < -0.4 is 19.5 Å². The van der Waals surface area contributed by atoms with Crippen LogP contribution in [0.4, 0.5) is 0 Å². The maximum absolute atomic E-state index is 10.9. The summed E-state index contributed by atoms with van der Waals surface area (Å²) in [6, 6.07) is 7.81. The van der Waals surface area contributed by atoms with Gasteiger partial charge in [-0.05, 0) is 29.7 Å². The molecule has 1 aliphatic carbocycles. The molecular formula is C18H17NO4. The highest BCUT2D eigenvalue weighted by Gasteiger charge is 2.42. The minimum atomic E-state index is -0.581. The molecule has 0 amide bonds. The highest BCUT2D eigenvalue weighted by Crippen LogP contribution is 2.58. The van der Waals surface area contributed by atoms with Crippen LogP contribution in [0.1, 0.15) is 28.8 Å². The predicted octanol–water partition coefficient (Wildman–Crippen LogP) is 2.32. The number of benzene rings is 2. The molecule has 0 fully saturated rings. The van der Waals surface area contributed by atoms with Gasteiger partial charge in [-0.25, -0.2) is 0 Å². The SMILES string of the molecule is COc1c2c3c(c4c1OCO4)-c1ccccc1[C@@H](O)[C@H]3NCC2. The first kappa shape index (κ1) is 13.2. The van der Waals surface area contributed by atoms with Crippen LogP contribution in [0.15, 0.2) is 24.3 Å². The average Bonchev–Trinajstić information content (AvgIpc) is 3.07. The molecule has 0 bridgehead atoms. The van der Waals surface area contributed by atoms with Crippen LogP contribution in [0.25, 0.3) is 11.1 Å². The van der Waals surface area contributed by atoms with E-state index >= 15 is 0 Å². The second-order valence-electron chi connectivity index (χ2n) is 6.08. The number of ether oxygens (including phenoxy) is 3. The second-order valence-corrected chi connectivity index (χ2v) is 6.08.